The van der Waals surface area contributed by atoms with Crippen molar-refractivity contribution in [2.24, 2.45) is 0 Å². The van der Waals surface area contributed by atoms with Crippen molar-refractivity contribution >= 4 is 27.5 Å². The standard InChI is InChI=1S/C18H15BrN2O3/c1-11-3-4-12(2)15(7-11)18(23)24-10-14-8-17(22)21-9-13(19)5-6-16(21)20-14/h3-9H,10H2,1-2H3. The van der Waals surface area contributed by atoms with Gasteiger partial charge in [0.25, 0.3) is 5.56 Å². The first-order chi connectivity index (χ1) is 11.4. The number of pyridine rings is 1. The molecule has 5 nitrogen and oxygen atoms in total. The lowest BCUT2D eigenvalue weighted by molar-refractivity contribution is 0.0466. The van der Waals surface area contributed by atoms with Gasteiger partial charge in [0.1, 0.15) is 12.3 Å². The lowest BCUT2D eigenvalue weighted by Crippen LogP contribution is -2.16. The molecule has 0 radical (unpaired) electrons. The first-order valence-corrected chi connectivity index (χ1v) is 8.15. The normalized spacial score (nSPS) is 10.8. The van der Waals surface area contributed by atoms with Crippen LogP contribution in [0.5, 0.6) is 0 Å². The summed E-state index contributed by atoms with van der Waals surface area (Å²) >= 11 is 3.32. The van der Waals surface area contributed by atoms with Crippen molar-refractivity contribution in [3.8, 4) is 0 Å². The average molecular weight is 387 g/mol. The van der Waals surface area contributed by atoms with E-state index in [1.807, 2.05) is 26.0 Å². The molecular formula is C18H15BrN2O3. The van der Waals surface area contributed by atoms with Crippen LogP contribution in [0.1, 0.15) is 27.2 Å². The van der Waals surface area contributed by atoms with Crippen LogP contribution in [0.3, 0.4) is 0 Å². The van der Waals surface area contributed by atoms with Gasteiger partial charge in [0.05, 0.1) is 11.3 Å². The van der Waals surface area contributed by atoms with Gasteiger partial charge in [0.2, 0.25) is 0 Å². The molecule has 0 atom stereocenters. The summed E-state index contributed by atoms with van der Waals surface area (Å²) in [5, 5.41) is 0. The van der Waals surface area contributed by atoms with Crippen LogP contribution in [0.15, 0.2) is 51.9 Å². The Morgan fingerprint density at radius 2 is 2.00 bits per heavy atom. The van der Waals surface area contributed by atoms with Gasteiger partial charge in [-0.2, -0.15) is 0 Å². The fourth-order valence-corrected chi connectivity index (χ4v) is 2.71. The molecule has 0 spiro atoms. The van der Waals surface area contributed by atoms with Gasteiger partial charge in [-0.1, -0.05) is 17.7 Å². The lowest BCUT2D eigenvalue weighted by atomic mass is 10.1. The topological polar surface area (TPSA) is 60.7 Å². The van der Waals surface area contributed by atoms with E-state index in [1.54, 1.807) is 24.4 Å². The monoisotopic (exact) mass is 386 g/mol. The van der Waals surface area contributed by atoms with Crippen LogP contribution in [0.2, 0.25) is 0 Å². The molecular weight excluding hydrogens is 372 g/mol. The fraction of sp³-hybridized carbons (Fsp3) is 0.167. The number of aromatic nitrogens is 2. The predicted molar refractivity (Wildman–Crippen MR) is 94.2 cm³/mol. The number of carbonyl (C=O) groups is 1. The zero-order valence-corrected chi connectivity index (χ0v) is 14.8. The van der Waals surface area contributed by atoms with Crippen molar-refractivity contribution in [3.05, 3.63) is 79.8 Å². The third-order valence-electron chi connectivity index (χ3n) is 3.64. The van der Waals surface area contributed by atoms with Crippen LogP contribution < -0.4 is 5.56 Å². The predicted octanol–water partition coefficient (Wildman–Crippen LogP) is 3.43. The second-order valence-corrected chi connectivity index (χ2v) is 6.47. The summed E-state index contributed by atoms with van der Waals surface area (Å²) in [7, 11) is 0. The lowest BCUT2D eigenvalue weighted by Gasteiger charge is -2.08. The molecule has 1 aromatic carbocycles. The minimum atomic E-state index is -0.422. The van der Waals surface area contributed by atoms with Crippen molar-refractivity contribution in [2.75, 3.05) is 0 Å². The van der Waals surface area contributed by atoms with Crippen LogP contribution in [0.25, 0.3) is 5.65 Å². The second-order valence-electron chi connectivity index (χ2n) is 5.56. The summed E-state index contributed by atoms with van der Waals surface area (Å²) in [5.74, 6) is -0.422. The van der Waals surface area contributed by atoms with Crippen LogP contribution in [0.4, 0.5) is 0 Å². The molecule has 3 rings (SSSR count). The van der Waals surface area contributed by atoms with Gasteiger partial charge < -0.3 is 4.74 Å². The number of benzene rings is 1. The molecule has 0 N–H and O–H groups in total. The Balaban J connectivity index is 1.83. The van der Waals surface area contributed by atoms with Gasteiger partial charge in [-0.25, -0.2) is 9.78 Å². The summed E-state index contributed by atoms with van der Waals surface area (Å²) < 4.78 is 7.53. The smallest absolute Gasteiger partial charge is 0.338 e. The number of hydrogen-bond donors (Lipinski definition) is 0. The average Bonchev–Trinajstić information content (AvgIpc) is 2.55. The van der Waals surface area contributed by atoms with Gasteiger partial charge >= 0.3 is 5.97 Å². The SMILES string of the molecule is Cc1ccc(C)c(C(=O)OCc2cc(=O)n3cc(Br)ccc3n2)c1. The van der Waals surface area contributed by atoms with Crippen molar-refractivity contribution in [1.29, 1.82) is 0 Å². The Morgan fingerprint density at radius 3 is 2.79 bits per heavy atom. The number of hydrogen-bond acceptors (Lipinski definition) is 4. The highest BCUT2D eigenvalue weighted by Gasteiger charge is 2.12. The van der Waals surface area contributed by atoms with Gasteiger partial charge in [0.15, 0.2) is 0 Å². The number of rotatable bonds is 3. The summed E-state index contributed by atoms with van der Waals surface area (Å²) in [5.41, 5.74) is 3.06. The van der Waals surface area contributed by atoms with Crippen molar-refractivity contribution in [3.63, 3.8) is 0 Å². The molecule has 0 bridgehead atoms. The van der Waals surface area contributed by atoms with E-state index in [4.69, 9.17) is 4.74 Å². The number of nitrogens with zero attached hydrogens (tertiary/aromatic N) is 2. The zero-order valence-electron chi connectivity index (χ0n) is 13.2. The fourth-order valence-electron chi connectivity index (χ4n) is 2.37. The number of esters is 1. The number of ether oxygens (including phenoxy) is 1. The van der Waals surface area contributed by atoms with Gasteiger partial charge in [-0.3, -0.25) is 9.20 Å². The molecule has 0 aliphatic rings. The minimum absolute atomic E-state index is 0.0476. The van der Waals surface area contributed by atoms with E-state index in [1.165, 1.54) is 10.5 Å². The van der Waals surface area contributed by atoms with Crippen molar-refractivity contribution in [2.45, 2.75) is 20.5 Å². The molecule has 0 saturated heterocycles. The molecule has 0 aliphatic carbocycles. The van der Waals surface area contributed by atoms with E-state index >= 15 is 0 Å². The Bertz CT molecular complexity index is 995. The first-order valence-electron chi connectivity index (χ1n) is 7.36. The van der Waals surface area contributed by atoms with Crippen molar-refractivity contribution in [1.82, 2.24) is 9.38 Å². The maximum atomic E-state index is 12.2. The zero-order chi connectivity index (χ0) is 17.3. The first kappa shape index (κ1) is 16.4. The van der Waals surface area contributed by atoms with Crippen LogP contribution in [-0.2, 0) is 11.3 Å². The molecule has 24 heavy (non-hydrogen) atoms. The number of halogens is 1. The van der Waals surface area contributed by atoms with E-state index < -0.39 is 5.97 Å². The summed E-state index contributed by atoms with van der Waals surface area (Å²) in [6.45, 7) is 3.72. The van der Waals surface area contributed by atoms with Gasteiger partial charge in [-0.15, -0.1) is 0 Å². The van der Waals surface area contributed by atoms with Crippen LogP contribution in [-0.4, -0.2) is 15.4 Å². The molecule has 0 unspecified atom stereocenters. The quantitative estimate of drug-likeness (QED) is 0.646. The van der Waals surface area contributed by atoms with Gasteiger partial charge in [0, 0.05) is 16.7 Å². The van der Waals surface area contributed by atoms with E-state index in [-0.39, 0.29) is 12.2 Å². The van der Waals surface area contributed by atoms with Crippen molar-refractivity contribution < 1.29 is 9.53 Å². The highest BCUT2D eigenvalue weighted by atomic mass is 79.9. The van der Waals surface area contributed by atoms with Crippen LogP contribution in [0, 0.1) is 13.8 Å². The molecule has 2 aromatic heterocycles. The maximum absolute atomic E-state index is 12.2. The Hall–Kier alpha value is -2.47. The van der Waals surface area contributed by atoms with Gasteiger partial charge in [-0.05, 0) is 53.5 Å². The third kappa shape index (κ3) is 3.38. The Morgan fingerprint density at radius 1 is 1.21 bits per heavy atom. The third-order valence-corrected chi connectivity index (χ3v) is 4.11. The molecule has 2 heterocycles. The van der Waals surface area contributed by atoms with E-state index in [0.717, 1.165) is 15.6 Å². The largest absolute Gasteiger partial charge is 0.456 e. The number of aryl methyl sites for hydroxylation is 2. The molecule has 0 saturated carbocycles. The second kappa shape index (κ2) is 6.57. The van der Waals surface area contributed by atoms with E-state index in [9.17, 15) is 9.59 Å². The highest BCUT2D eigenvalue weighted by molar-refractivity contribution is 9.10. The molecule has 0 amide bonds. The Labute approximate surface area is 147 Å². The van der Waals surface area contributed by atoms with E-state index in [2.05, 4.69) is 20.9 Å². The molecule has 6 heteroatoms. The summed E-state index contributed by atoms with van der Waals surface area (Å²) in [4.78, 5) is 28.7. The molecule has 3 aromatic rings. The maximum Gasteiger partial charge on any atom is 0.338 e. The molecule has 0 fully saturated rings. The number of carbonyl (C=O) groups excluding carboxylic acids is 1. The van der Waals surface area contributed by atoms with E-state index in [0.29, 0.717) is 16.9 Å². The highest BCUT2D eigenvalue weighted by Crippen LogP contribution is 2.13. The molecule has 0 aliphatic heterocycles. The Kier molecular flexibility index (Phi) is 4.49. The minimum Gasteiger partial charge on any atom is -0.456 e. The van der Waals surface area contributed by atoms with Crippen LogP contribution >= 0.6 is 15.9 Å². The number of fused-ring (bicyclic) bond motifs is 1. The molecule has 122 valence electrons. The summed E-state index contributed by atoms with van der Waals surface area (Å²) in [6, 6.07) is 10.5. The summed E-state index contributed by atoms with van der Waals surface area (Å²) in [6.07, 6.45) is 1.65.